The van der Waals surface area contributed by atoms with Crippen LogP contribution in [0.15, 0.2) is 103 Å². The molecule has 1 aromatic heterocycles. The van der Waals surface area contributed by atoms with Gasteiger partial charge in [-0.15, -0.1) is 0 Å². The zero-order chi connectivity index (χ0) is 19.8. The summed E-state index contributed by atoms with van der Waals surface area (Å²) in [6.07, 6.45) is 0. The normalized spacial score (nSPS) is 11.0. The highest BCUT2D eigenvalue weighted by Crippen LogP contribution is 2.32. The SMILES string of the molecule is O=C(C(=O)c1ccc2c(c1)c1ccccc1n2-c1ccccc1)c1ccccc1. The molecule has 0 saturated carbocycles. The van der Waals surface area contributed by atoms with Crippen molar-refractivity contribution in [2.45, 2.75) is 0 Å². The highest BCUT2D eigenvalue weighted by Gasteiger charge is 2.20. The summed E-state index contributed by atoms with van der Waals surface area (Å²) in [5, 5.41) is 2.00. The third kappa shape index (κ3) is 2.84. The van der Waals surface area contributed by atoms with Crippen molar-refractivity contribution in [3.63, 3.8) is 0 Å². The Morgan fingerprint density at radius 3 is 1.86 bits per heavy atom. The van der Waals surface area contributed by atoms with E-state index in [1.165, 1.54) is 0 Å². The van der Waals surface area contributed by atoms with Crippen LogP contribution in [0.2, 0.25) is 0 Å². The average Bonchev–Trinajstić information content (AvgIpc) is 3.13. The van der Waals surface area contributed by atoms with E-state index in [1.807, 2.05) is 54.6 Å². The molecule has 5 aromatic rings. The summed E-state index contributed by atoms with van der Waals surface area (Å²) in [5.41, 5.74) is 3.93. The maximum Gasteiger partial charge on any atom is 0.233 e. The van der Waals surface area contributed by atoms with Crippen molar-refractivity contribution in [1.29, 1.82) is 0 Å². The molecule has 3 nitrogen and oxygen atoms in total. The van der Waals surface area contributed by atoms with Gasteiger partial charge in [0.25, 0.3) is 0 Å². The first-order chi connectivity index (χ1) is 14.2. The zero-order valence-corrected chi connectivity index (χ0v) is 15.6. The topological polar surface area (TPSA) is 39.1 Å². The number of carbonyl (C=O) groups is 2. The Balaban J connectivity index is 1.69. The summed E-state index contributed by atoms with van der Waals surface area (Å²) >= 11 is 0. The standard InChI is InChI=1S/C26H17NO2/c28-25(18-9-3-1-4-10-18)26(29)19-15-16-24-22(17-19)21-13-7-8-14-23(21)27(24)20-11-5-2-6-12-20/h1-17H. The lowest BCUT2D eigenvalue weighted by Gasteiger charge is -2.07. The highest BCUT2D eigenvalue weighted by atomic mass is 16.2. The monoisotopic (exact) mass is 375 g/mol. The molecule has 1 heterocycles. The van der Waals surface area contributed by atoms with Crippen molar-refractivity contribution in [2.75, 3.05) is 0 Å². The van der Waals surface area contributed by atoms with Crippen molar-refractivity contribution < 1.29 is 9.59 Å². The van der Waals surface area contributed by atoms with Gasteiger partial charge in [-0.25, -0.2) is 0 Å². The summed E-state index contributed by atoms with van der Waals surface area (Å²) in [6, 6.07) is 32.4. The minimum absolute atomic E-state index is 0.405. The fourth-order valence-electron chi connectivity index (χ4n) is 3.82. The van der Waals surface area contributed by atoms with Crippen LogP contribution in [0.25, 0.3) is 27.5 Å². The van der Waals surface area contributed by atoms with Crippen molar-refractivity contribution in [3.05, 3.63) is 114 Å². The molecule has 0 bridgehead atoms. The number of rotatable bonds is 4. The summed E-state index contributed by atoms with van der Waals surface area (Å²) < 4.78 is 2.18. The van der Waals surface area contributed by atoms with Gasteiger partial charge in [0.1, 0.15) is 0 Å². The molecule has 0 saturated heterocycles. The van der Waals surface area contributed by atoms with Crippen LogP contribution >= 0.6 is 0 Å². The van der Waals surface area contributed by atoms with Gasteiger partial charge in [-0.05, 0) is 36.4 Å². The highest BCUT2D eigenvalue weighted by molar-refractivity contribution is 6.49. The first-order valence-electron chi connectivity index (χ1n) is 9.47. The van der Waals surface area contributed by atoms with Crippen LogP contribution in [0, 0.1) is 0 Å². The second-order valence-corrected chi connectivity index (χ2v) is 6.94. The number of nitrogens with zero attached hydrogens (tertiary/aromatic N) is 1. The molecule has 0 aliphatic carbocycles. The third-order valence-electron chi connectivity index (χ3n) is 5.19. The summed E-state index contributed by atoms with van der Waals surface area (Å²) in [7, 11) is 0. The van der Waals surface area contributed by atoms with Gasteiger partial charge in [-0.2, -0.15) is 0 Å². The molecule has 5 rings (SSSR count). The maximum atomic E-state index is 12.8. The number of carbonyl (C=O) groups excluding carboxylic acids is 2. The second kappa shape index (κ2) is 6.88. The summed E-state index contributed by atoms with van der Waals surface area (Å²) in [5.74, 6) is -0.980. The van der Waals surface area contributed by atoms with Crippen LogP contribution in [-0.4, -0.2) is 16.1 Å². The lowest BCUT2D eigenvalue weighted by Crippen LogP contribution is -2.14. The van der Waals surface area contributed by atoms with E-state index < -0.39 is 11.6 Å². The minimum Gasteiger partial charge on any atom is -0.309 e. The van der Waals surface area contributed by atoms with Crippen LogP contribution in [0.5, 0.6) is 0 Å². The minimum atomic E-state index is -0.491. The van der Waals surface area contributed by atoms with E-state index >= 15 is 0 Å². The van der Waals surface area contributed by atoms with E-state index in [2.05, 4.69) is 22.8 Å². The first-order valence-corrected chi connectivity index (χ1v) is 9.47. The number of para-hydroxylation sites is 2. The molecule has 4 aromatic carbocycles. The predicted octanol–water partition coefficient (Wildman–Crippen LogP) is 5.85. The van der Waals surface area contributed by atoms with Gasteiger partial charge < -0.3 is 4.57 Å². The third-order valence-corrected chi connectivity index (χ3v) is 5.19. The van der Waals surface area contributed by atoms with E-state index in [9.17, 15) is 9.59 Å². The van der Waals surface area contributed by atoms with Crippen molar-refractivity contribution in [1.82, 2.24) is 4.57 Å². The number of fused-ring (bicyclic) bond motifs is 3. The Labute approximate surface area is 167 Å². The van der Waals surface area contributed by atoms with Crippen LogP contribution < -0.4 is 0 Å². The number of Topliss-reactive ketones (excluding diaryl/α,β-unsaturated/α-hetero) is 2. The molecule has 0 radical (unpaired) electrons. The fourth-order valence-corrected chi connectivity index (χ4v) is 3.82. The van der Waals surface area contributed by atoms with E-state index in [0.29, 0.717) is 11.1 Å². The van der Waals surface area contributed by atoms with Gasteiger partial charge in [0.15, 0.2) is 0 Å². The molecule has 0 amide bonds. The largest absolute Gasteiger partial charge is 0.309 e. The Morgan fingerprint density at radius 2 is 1.10 bits per heavy atom. The van der Waals surface area contributed by atoms with Crippen molar-refractivity contribution in [2.24, 2.45) is 0 Å². The molecular weight excluding hydrogens is 358 g/mol. The second-order valence-electron chi connectivity index (χ2n) is 6.94. The van der Waals surface area contributed by atoms with Gasteiger partial charge in [0.05, 0.1) is 11.0 Å². The van der Waals surface area contributed by atoms with Gasteiger partial charge in [0, 0.05) is 27.6 Å². The summed E-state index contributed by atoms with van der Waals surface area (Å²) in [6.45, 7) is 0. The number of ketones is 2. The van der Waals surface area contributed by atoms with E-state index in [4.69, 9.17) is 0 Å². The van der Waals surface area contributed by atoms with E-state index in [1.54, 1.807) is 30.3 Å². The van der Waals surface area contributed by atoms with Crippen LogP contribution in [0.1, 0.15) is 20.7 Å². The van der Waals surface area contributed by atoms with Crippen LogP contribution in [0.3, 0.4) is 0 Å². The molecular formula is C26H17NO2. The quantitative estimate of drug-likeness (QED) is 0.292. The molecule has 0 atom stereocenters. The molecule has 0 aliphatic rings. The molecule has 138 valence electrons. The molecule has 0 spiro atoms. The Kier molecular flexibility index (Phi) is 4.07. The molecule has 0 aliphatic heterocycles. The predicted molar refractivity (Wildman–Crippen MR) is 116 cm³/mol. The van der Waals surface area contributed by atoms with Gasteiger partial charge >= 0.3 is 0 Å². The van der Waals surface area contributed by atoms with Crippen molar-refractivity contribution >= 4 is 33.4 Å². The number of benzene rings is 4. The van der Waals surface area contributed by atoms with E-state index in [-0.39, 0.29) is 0 Å². The molecule has 0 N–H and O–H groups in total. The van der Waals surface area contributed by atoms with Gasteiger partial charge in [-0.3, -0.25) is 9.59 Å². The van der Waals surface area contributed by atoms with Gasteiger partial charge in [-0.1, -0.05) is 66.7 Å². The van der Waals surface area contributed by atoms with Crippen LogP contribution in [0.4, 0.5) is 0 Å². The molecule has 3 heteroatoms. The lowest BCUT2D eigenvalue weighted by molar-refractivity contribution is 0.0817. The fraction of sp³-hybridized carbons (Fsp3) is 0. The molecule has 29 heavy (non-hydrogen) atoms. The number of hydrogen-bond acceptors (Lipinski definition) is 2. The molecule has 0 unspecified atom stereocenters. The number of aromatic nitrogens is 1. The van der Waals surface area contributed by atoms with Crippen molar-refractivity contribution in [3.8, 4) is 5.69 Å². The zero-order valence-electron chi connectivity index (χ0n) is 15.6. The van der Waals surface area contributed by atoms with Gasteiger partial charge in [0.2, 0.25) is 11.6 Å². The Morgan fingerprint density at radius 1 is 0.517 bits per heavy atom. The maximum absolute atomic E-state index is 12.8. The number of hydrogen-bond donors (Lipinski definition) is 0. The lowest BCUT2D eigenvalue weighted by atomic mass is 10.00. The first kappa shape index (κ1) is 17.1. The Hall–Kier alpha value is -3.98. The summed E-state index contributed by atoms with van der Waals surface area (Å²) in [4.78, 5) is 25.5. The smallest absolute Gasteiger partial charge is 0.233 e. The average molecular weight is 375 g/mol. The Bertz CT molecular complexity index is 1370. The van der Waals surface area contributed by atoms with Crippen LogP contribution in [-0.2, 0) is 0 Å². The van der Waals surface area contributed by atoms with E-state index in [0.717, 1.165) is 27.5 Å². The molecule has 0 fully saturated rings.